The van der Waals surface area contributed by atoms with Crippen molar-refractivity contribution in [2.75, 3.05) is 25.6 Å². The quantitative estimate of drug-likeness (QED) is 0.390. The number of nitriles is 1. The first-order chi connectivity index (χ1) is 16.6. The Kier molecular flexibility index (Phi) is 7.17. The lowest BCUT2D eigenvalue weighted by Crippen LogP contribution is -2.09. The number of nitrogens with one attached hydrogen (secondary N) is 1. The molecule has 10 heteroatoms. The Morgan fingerprint density at radius 2 is 1.91 bits per heavy atom. The fourth-order valence-corrected chi connectivity index (χ4v) is 3.31. The summed E-state index contributed by atoms with van der Waals surface area (Å²) in [6.45, 7) is 2.63. The third kappa shape index (κ3) is 5.40. The summed E-state index contributed by atoms with van der Waals surface area (Å²) in [6.07, 6.45) is 1.69. The van der Waals surface area contributed by atoms with Crippen molar-refractivity contribution in [1.82, 2.24) is 29.9 Å². The molecule has 1 unspecified atom stereocenters. The first-order valence-corrected chi connectivity index (χ1v) is 10.7. The molecule has 0 spiro atoms. The van der Waals surface area contributed by atoms with Gasteiger partial charge in [-0.15, -0.1) is 5.10 Å². The van der Waals surface area contributed by atoms with Gasteiger partial charge in [-0.2, -0.15) is 5.26 Å². The molecule has 0 bridgehead atoms. The molecule has 1 atom stereocenters. The summed E-state index contributed by atoms with van der Waals surface area (Å²) in [6, 6.07) is 16.9. The standard InChI is InChI=1S/C24H24N8O2/c1-16(34-2)20-8-4-7-19(27-20)14-32-15-23(30-31-32)22-12-21(28-24(29-22)26-9-10-33)18-6-3-5-17(11-18)13-25/h3-8,11-12,15-16,33H,9-10,14H2,1-2H3,(H,26,28,29). The van der Waals surface area contributed by atoms with Gasteiger partial charge in [-0.25, -0.2) is 14.6 Å². The predicted molar refractivity (Wildman–Crippen MR) is 126 cm³/mol. The molecule has 0 aliphatic rings. The Morgan fingerprint density at radius 3 is 2.71 bits per heavy atom. The van der Waals surface area contributed by atoms with Gasteiger partial charge in [0.1, 0.15) is 5.69 Å². The zero-order valence-electron chi connectivity index (χ0n) is 18.9. The maximum Gasteiger partial charge on any atom is 0.223 e. The minimum absolute atomic E-state index is 0.0588. The molecule has 0 aliphatic carbocycles. The van der Waals surface area contributed by atoms with Crippen LogP contribution in [-0.4, -0.2) is 55.3 Å². The van der Waals surface area contributed by atoms with Crippen molar-refractivity contribution in [3.63, 3.8) is 0 Å². The predicted octanol–water partition coefficient (Wildman–Crippen LogP) is 2.83. The van der Waals surface area contributed by atoms with E-state index < -0.39 is 0 Å². The summed E-state index contributed by atoms with van der Waals surface area (Å²) in [4.78, 5) is 13.7. The lowest BCUT2D eigenvalue weighted by molar-refractivity contribution is 0.116. The number of hydrogen-bond acceptors (Lipinski definition) is 9. The molecule has 3 heterocycles. The fourth-order valence-electron chi connectivity index (χ4n) is 3.31. The molecule has 4 aromatic rings. The van der Waals surface area contributed by atoms with Crippen LogP contribution in [0.4, 0.5) is 5.95 Å². The lowest BCUT2D eigenvalue weighted by Gasteiger charge is -2.10. The third-order valence-corrected chi connectivity index (χ3v) is 5.13. The Labute approximate surface area is 196 Å². The van der Waals surface area contributed by atoms with Crippen molar-refractivity contribution in [2.24, 2.45) is 0 Å². The highest BCUT2D eigenvalue weighted by Crippen LogP contribution is 2.25. The molecule has 0 fully saturated rings. The van der Waals surface area contributed by atoms with Gasteiger partial charge in [0.25, 0.3) is 0 Å². The lowest BCUT2D eigenvalue weighted by atomic mass is 10.1. The second-order valence-electron chi connectivity index (χ2n) is 7.54. The molecule has 1 aromatic carbocycles. The summed E-state index contributed by atoms with van der Waals surface area (Å²) in [5, 5.41) is 30.0. The second kappa shape index (κ2) is 10.6. The van der Waals surface area contributed by atoms with Crippen molar-refractivity contribution in [3.8, 4) is 28.7 Å². The molecule has 0 aliphatic heterocycles. The van der Waals surface area contributed by atoms with E-state index in [0.717, 1.165) is 17.0 Å². The maximum absolute atomic E-state index is 9.24. The highest BCUT2D eigenvalue weighted by molar-refractivity contribution is 5.68. The van der Waals surface area contributed by atoms with E-state index in [-0.39, 0.29) is 12.7 Å². The van der Waals surface area contributed by atoms with E-state index in [2.05, 4.69) is 36.7 Å². The Balaban J connectivity index is 1.64. The van der Waals surface area contributed by atoms with E-state index in [1.54, 1.807) is 42.3 Å². The van der Waals surface area contributed by atoms with E-state index >= 15 is 0 Å². The Hall–Kier alpha value is -4.20. The van der Waals surface area contributed by atoms with Gasteiger partial charge in [-0.1, -0.05) is 23.4 Å². The average Bonchev–Trinajstić information content (AvgIpc) is 3.35. The second-order valence-corrected chi connectivity index (χ2v) is 7.54. The topological polar surface area (TPSA) is 135 Å². The van der Waals surface area contributed by atoms with Gasteiger partial charge in [-0.3, -0.25) is 4.98 Å². The normalized spacial score (nSPS) is 11.7. The van der Waals surface area contributed by atoms with Crippen molar-refractivity contribution < 1.29 is 9.84 Å². The van der Waals surface area contributed by atoms with E-state index in [1.807, 2.05) is 31.2 Å². The number of anilines is 1. The van der Waals surface area contributed by atoms with Gasteiger partial charge in [0, 0.05) is 19.2 Å². The van der Waals surface area contributed by atoms with Crippen LogP contribution in [0.25, 0.3) is 22.6 Å². The zero-order chi connectivity index (χ0) is 23.9. The van der Waals surface area contributed by atoms with Gasteiger partial charge in [0.05, 0.1) is 59.9 Å². The molecule has 10 nitrogen and oxygen atoms in total. The number of rotatable bonds is 9. The van der Waals surface area contributed by atoms with Crippen LogP contribution in [0, 0.1) is 11.3 Å². The van der Waals surface area contributed by atoms with E-state index in [1.165, 1.54) is 0 Å². The number of ether oxygens (including phenoxy) is 1. The molecule has 0 amide bonds. The number of pyridine rings is 1. The van der Waals surface area contributed by atoms with Gasteiger partial charge < -0.3 is 15.2 Å². The summed E-state index contributed by atoms with van der Waals surface area (Å²) in [5.41, 5.74) is 4.74. The highest BCUT2D eigenvalue weighted by atomic mass is 16.5. The zero-order valence-corrected chi connectivity index (χ0v) is 18.9. The number of methoxy groups -OCH3 is 1. The van der Waals surface area contributed by atoms with E-state index in [4.69, 9.17) is 4.74 Å². The minimum Gasteiger partial charge on any atom is -0.395 e. The van der Waals surface area contributed by atoms with E-state index in [0.29, 0.717) is 41.7 Å². The number of aliphatic hydroxyl groups excluding tert-OH is 1. The largest absolute Gasteiger partial charge is 0.395 e. The highest BCUT2D eigenvalue weighted by Gasteiger charge is 2.13. The molecule has 0 saturated heterocycles. The van der Waals surface area contributed by atoms with Crippen LogP contribution in [0.1, 0.15) is 30.0 Å². The van der Waals surface area contributed by atoms with Crippen LogP contribution in [0.15, 0.2) is 54.7 Å². The molecule has 0 saturated carbocycles. The van der Waals surface area contributed by atoms with Crippen molar-refractivity contribution in [2.45, 2.75) is 19.6 Å². The first kappa shape index (κ1) is 23.0. The van der Waals surface area contributed by atoms with Crippen molar-refractivity contribution >= 4 is 5.95 Å². The van der Waals surface area contributed by atoms with Crippen molar-refractivity contribution in [1.29, 1.82) is 5.26 Å². The van der Waals surface area contributed by atoms with Crippen LogP contribution in [0.3, 0.4) is 0 Å². The third-order valence-electron chi connectivity index (χ3n) is 5.13. The minimum atomic E-state index is -0.102. The summed E-state index contributed by atoms with van der Waals surface area (Å²) in [7, 11) is 1.65. The maximum atomic E-state index is 9.24. The van der Waals surface area contributed by atoms with Crippen LogP contribution < -0.4 is 5.32 Å². The molecule has 34 heavy (non-hydrogen) atoms. The van der Waals surface area contributed by atoms with Crippen LogP contribution in [0.2, 0.25) is 0 Å². The van der Waals surface area contributed by atoms with Crippen LogP contribution in [0.5, 0.6) is 0 Å². The Bertz CT molecular complexity index is 1310. The number of benzene rings is 1. The van der Waals surface area contributed by atoms with Crippen molar-refractivity contribution in [3.05, 3.63) is 71.7 Å². The number of nitrogens with zero attached hydrogens (tertiary/aromatic N) is 7. The van der Waals surface area contributed by atoms with Crippen LogP contribution in [-0.2, 0) is 11.3 Å². The molecule has 0 radical (unpaired) electrons. The molecule has 172 valence electrons. The van der Waals surface area contributed by atoms with Gasteiger partial charge >= 0.3 is 0 Å². The Morgan fingerprint density at radius 1 is 1.09 bits per heavy atom. The first-order valence-electron chi connectivity index (χ1n) is 10.7. The SMILES string of the molecule is COC(C)c1cccc(Cn2cc(-c3cc(-c4cccc(C#N)c4)nc(NCCO)n3)nn2)n1. The van der Waals surface area contributed by atoms with Gasteiger partial charge in [-0.05, 0) is 37.3 Å². The summed E-state index contributed by atoms with van der Waals surface area (Å²) in [5.74, 6) is 0.349. The van der Waals surface area contributed by atoms with Gasteiger partial charge in [0.2, 0.25) is 5.95 Å². The van der Waals surface area contributed by atoms with E-state index in [9.17, 15) is 10.4 Å². The smallest absolute Gasteiger partial charge is 0.223 e. The molecule has 4 rings (SSSR count). The molecular weight excluding hydrogens is 432 g/mol. The summed E-state index contributed by atoms with van der Waals surface area (Å²) < 4.78 is 7.05. The number of hydrogen-bond donors (Lipinski definition) is 2. The fraction of sp³-hybridized carbons (Fsp3) is 0.250. The van der Waals surface area contributed by atoms with Crippen LogP contribution >= 0.6 is 0 Å². The molecule has 2 N–H and O–H groups in total. The number of aromatic nitrogens is 6. The monoisotopic (exact) mass is 456 g/mol. The van der Waals surface area contributed by atoms with Gasteiger partial charge in [0.15, 0.2) is 0 Å². The average molecular weight is 457 g/mol. The molecular formula is C24H24N8O2. The summed E-state index contributed by atoms with van der Waals surface area (Å²) >= 11 is 0. The molecule has 3 aromatic heterocycles. The number of aliphatic hydroxyl groups is 1.